The first-order valence-corrected chi connectivity index (χ1v) is 39.5. The highest BCUT2D eigenvalue weighted by Crippen LogP contribution is 2.62. The van der Waals surface area contributed by atoms with Gasteiger partial charge in [0, 0.05) is 24.3 Å². The molecular formula is C70H130O4P2S+2. The lowest BCUT2D eigenvalue weighted by Gasteiger charge is -2.28. The smallest absolute Gasteiger partial charge is 0.335 e. The topological polar surface area (TPSA) is 74.6 Å². The van der Waals surface area contributed by atoms with E-state index in [9.17, 15) is 9.59 Å². The molecule has 7 heteroatoms. The molecule has 0 saturated carbocycles. The molecule has 0 aliphatic carbocycles. The Kier molecular flexibility index (Phi) is 54.1. The third-order valence-corrected chi connectivity index (χ3v) is 27.5. The van der Waals surface area contributed by atoms with Crippen molar-refractivity contribution in [3.05, 3.63) is 59.7 Å². The molecule has 0 amide bonds. The molecule has 0 atom stereocenters. The Morgan fingerprint density at radius 2 is 0.442 bits per heavy atom. The van der Waals surface area contributed by atoms with E-state index in [2.05, 4.69) is 55.4 Å². The van der Waals surface area contributed by atoms with E-state index in [1.54, 1.807) is 86.4 Å². The molecule has 0 bridgehead atoms. The summed E-state index contributed by atoms with van der Waals surface area (Å²) in [5, 5.41) is 17.6. The van der Waals surface area contributed by atoms with Crippen LogP contribution in [0.15, 0.2) is 58.3 Å². The Morgan fingerprint density at radius 1 is 0.273 bits per heavy atom. The van der Waals surface area contributed by atoms with Crippen molar-refractivity contribution in [3.8, 4) is 0 Å². The molecule has 0 radical (unpaired) electrons. The largest absolute Gasteiger partial charge is 0.478 e. The minimum atomic E-state index is -0.956. The van der Waals surface area contributed by atoms with Crippen molar-refractivity contribution in [1.29, 1.82) is 0 Å². The summed E-state index contributed by atoms with van der Waals surface area (Å²) in [6.07, 6.45) is 71.9. The summed E-state index contributed by atoms with van der Waals surface area (Å²) < 4.78 is 0. The van der Waals surface area contributed by atoms with Crippen molar-refractivity contribution >= 4 is 38.2 Å². The van der Waals surface area contributed by atoms with Crippen LogP contribution in [-0.4, -0.2) is 71.4 Å². The molecule has 0 aromatic heterocycles. The molecule has 0 fully saturated rings. The van der Waals surface area contributed by atoms with Gasteiger partial charge in [0.1, 0.15) is 0 Å². The zero-order chi connectivity index (χ0) is 56.8. The van der Waals surface area contributed by atoms with E-state index >= 15 is 0 Å². The van der Waals surface area contributed by atoms with Crippen molar-refractivity contribution < 1.29 is 19.8 Å². The summed E-state index contributed by atoms with van der Waals surface area (Å²) in [5.41, 5.74) is 0.483. The molecule has 448 valence electrons. The summed E-state index contributed by atoms with van der Waals surface area (Å²) in [6, 6.07) is 13.0. The normalized spacial score (nSPS) is 11.5. The van der Waals surface area contributed by atoms with E-state index in [4.69, 9.17) is 10.2 Å². The standard InChI is InChI=1S/2C28H60P.C14H10O4S/c2*1-5-9-13-14-15-16-17-18-19-20-21-22-23-24-28-29(25-10-6-2,26-11-7-3)27-12-8-4;15-13(16)9-1-5-11(6-2-9)19-12-7-3-10(4-8-12)14(17)18/h2*5-28H2,1-4H3;1-8H,(H,15,16)(H,17,18)/q2*+1;. The van der Waals surface area contributed by atoms with Crippen molar-refractivity contribution in [2.75, 3.05) is 49.3 Å². The molecule has 2 aromatic rings. The first-order chi connectivity index (χ1) is 37.5. The Morgan fingerprint density at radius 3 is 0.623 bits per heavy atom. The zero-order valence-corrected chi connectivity index (χ0v) is 55.2. The number of rotatable bonds is 52. The van der Waals surface area contributed by atoms with Gasteiger partial charge >= 0.3 is 11.9 Å². The van der Waals surface area contributed by atoms with Crippen LogP contribution in [0.4, 0.5) is 0 Å². The number of aromatic carboxylic acids is 2. The van der Waals surface area contributed by atoms with Crippen LogP contribution in [0.1, 0.15) is 333 Å². The van der Waals surface area contributed by atoms with Gasteiger partial charge in [-0.3, -0.25) is 0 Å². The van der Waals surface area contributed by atoms with Crippen molar-refractivity contribution in [1.82, 2.24) is 0 Å². The Hall–Kier alpha value is -1.41. The second-order valence-corrected chi connectivity index (χ2v) is 33.6. The molecule has 0 saturated heterocycles. The van der Waals surface area contributed by atoms with Gasteiger partial charge in [0.25, 0.3) is 0 Å². The predicted molar refractivity (Wildman–Crippen MR) is 354 cm³/mol. The minimum absolute atomic E-state index is 0.241. The summed E-state index contributed by atoms with van der Waals surface area (Å²) in [7, 11) is -1.26. The maximum Gasteiger partial charge on any atom is 0.335 e. The maximum atomic E-state index is 10.7. The summed E-state index contributed by atoms with van der Waals surface area (Å²) in [5.74, 6) is -1.91. The zero-order valence-electron chi connectivity index (χ0n) is 52.6. The van der Waals surface area contributed by atoms with Gasteiger partial charge in [-0.25, -0.2) is 9.59 Å². The molecule has 77 heavy (non-hydrogen) atoms. The van der Waals surface area contributed by atoms with Gasteiger partial charge in [0.15, 0.2) is 0 Å². The third-order valence-electron chi connectivity index (χ3n) is 16.3. The average Bonchev–Trinajstić information content (AvgIpc) is 3.44. The van der Waals surface area contributed by atoms with Crippen LogP contribution in [0, 0.1) is 0 Å². The lowest BCUT2D eigenvalue weighted by molar-refractivity contribution is 0.0686. The fourth-order valence-electron chi connectivity index (χ4n) is 11.1. The second-order valence-electron chi connectivity index (χ2n) is 23.5. The van der Waals surface area contributed by atoms with E-state index in [0.717, 1.165) is 9.79 Å². The molecule has 0 spiro atoms. The van der Waals surface area contributed by atoms with Gasteiger partial charge in [-0.1, -0.05) is 260 Å². The van der Waals surface area contributed by atoms with E-state index < -0.39 is 26.5 Å². The van der Waals surface area contributed by atoms with E-state index in [1.807, 2.05) is 0 Å². The predicted octanol–water partition coefficient (Wildman–Crippen LogP) is 25.0. The maximum absolute atomic E-state index is 10.7. The van der Waals surface area contributed by atoms with E-state index in [-0.39, 0.29) is 11.1 Å². The molecule has 0 aliphatic rings. The van der Waals surface area contributed by atoms with Gasteiger partial charge in [-0.2, -0.15) is 0 Å². The number of carboxylic acid groups (broad SMARTS) is 2. The van der Waals surface area contributed by atoms with E-state index in [1.165, 1.54) is 280 Å². The number of hydrogen-bond donors (Lipinski definition) is 2. The van der Waals surface area contributed by atoms with Gasteiger partial charge in [0.05, 0.1) is 60.4 Å². The highest BCUT2D eigenvalue weighted by molar-refractivity contribution is 7.99. The van der Waals surface area contributed by atoms with Crippen LogP contribution < -0.4 is 0 Å². The number of benzene rings is 2. The van der Waals surface area contributed by atoms with Crippen LogP contribution in [0.3, 0.4) is 0 Å². The Balaban J connectivity index is 0.00000115. The van der Waals surface area contributed by atoms with Gasteiger partial charge in [0.2, 0.25) is 0 Å². The van der Waals surface area contributed by atoms with Crippen LogP contribution in [-0.2, 0) is 0 Å². The van der Waals surface area contributed by atoms with Crippen LogP contribution in [0.5, 0.6) is 0 Å². The van der Waals surface area contributed by atoms with Crippen LogP contribution in [0.25, 0.3) is 0 Å². The monoisotopic (exact) mass is 1130 g/mol. The summed E-state index contributed by atoms with van der Waals surface area (Å²) >= 11 is 1.44. The lowest BCUT2D eigenvalue weighted by Crippen LogP contribution is -2.13. The van der Waals surface area contributed by atoms with Crippen molar-refractivity contribution in [2.24, 2.45) is 0 Å². The molecular weight excluding hydrogens is 999 g/mol. The number of hydrogen-bond acceptors (Lipinski definition) is 3. The van der Waals surface area contributed by atoms with E-state index in [0.29, 0.717) is 0 Å². The average molecular weight is 1130 g/mol. The highest BCUT2D eigenvalue weighted by Gasteiger charge is 2.35. The number of carboxylic acids is 2. The molecule has 2 N–H and O–H groups in total. The number of carbonyl (C=O) groups is 2. The second kappa shape index (κ2) is 55.1. The molecule has 2 aromatic carbocycles. The van der Waals surface area contributed by atoms with Crippen LogP contribution >= 0.6 is 26.3 Å². The molecule has 4 nitrogen and oxygen atoms in total. The Bertz CT molecular complexity index is 1410. The first-order valence-electron chi connectivity index (χ1n) is 33.6. The lowest BCUT2D eigenvalue weighted by atomic mass is 10.0. The number of unbranched alkanes of at least 4 members (excludes halogenated alkanes) is 32. The van der Waals surface area contributed by atoms with Gasteiger partial charge in [-0.15, -0.1) is 0 Å². The molecule has 0 unspecified atom stereocenters. The van der Waals surface area contributed by atoms with Gasteiger partial charge < -0.3 is 10.2 Å². The fraction of sp³-hybridized carbons (Fsp3) is 0.800. The highest BCUT2D eigenvalue weighted by atomic mass is 32.2. The molecule has 0 heterocycles. The molecule has 0 aliphatic heterocycles. The fourth-order valence-corrected chi connectivity index (χ4v) is 22.3. The third kappa shape index (κ3) is 43.9. The minimum Gasteiger partial charge on any atom is -0.478 e. The first kappa shape index (κ1) is 75.6. The van der Waals surface area contributed by atoms with Crippen molar-refractivity contribution in [2.45, 2.75) is 322 Å². The van der Waals surface area contributed by atoms with Crippen molar-refractivity contribution in [3.63, 3.8) is 0 Å². The van der Waals surface area contributed by atoms with Crippen LogP contribution in [0.2, 0.25) is 0 Å². The summed E-state index contributed by atoms with van der Waals surface area (Å²) in [6.45, 7) is 19.0. The SMILES string of the molecule is CCCCCCCCCCCCCCCC[P+](CCCC)(CCCC)CCCC.CCCCCCCCCCCCCCCC[P+](CCCC)(CCCC)CCCC.O=C(O)c1ccc(Sc2ccc(C(=O)O)cc2)cc1. The molecule has 2 rings (SSSR count). The quantitative estimate of drug-likeness (QED) is 0.0510. The Labute approximate surface area is 486 Å². The van der Waals surface area contributed by atoms with Gasteiger partial charge in [-0.05, 0) is 113 Å². The summed E-state index contributed by atoms with van der Waals surface area (Å²) in [4.78, 5) is 23.2.